The normalized spacial score (nSPS) is 19.5. The third-order valence-electron chi connectivity index (χ3n) is 4.31. The van der Waals surface area contributed by atoms with Crippen molar-refractivity contribution in [1.82, 2.24) is 10.5 Å². The van der Waals surface area contributed by atoms with E-state index in [1.807, 2.05) is 19.9 Å². The Balaban J connectivity index is 1.62. The highest BCUT2D eigenvalue weighted by Gasteiger charge is 2.31. The number of carbonyl (C=O) groups excluding carboxylic acids is 1. The lowest BCUT2D eigenvalue weighted by Gasteiger charge is -2.18. The molecular weight excluding hydrogens is 356 g/mol. The zero-order valence-corrected chi connectivity index (χ0v) is 15.7. The number of aryl methyl sites for hydroxylation is 1. The number of hydrogen-bond donors (Lipinski definition) is 1. The Hall–Kier alpha value is -2.05. The van der Waals surface area contributed by atoms with Gasteiger partial charge in [0.15, 0.2) is 0 Å². The molecule has 1 aliphatic rings. The summed E-state index contributed by atoms with van der Waals surface area (Å²) in [7, 11) is 0. The van der Waals surface area contributed by atoms with Crippen molar-refractivity contribution in [3.05, 3.63) is 46.3 Å². The second-order valence-electron chi connectivity index (χ2n) is 6.51. The molecule has 1 amide bonds. The summed E-state index contributed by atoms with van der Waals surface area (Å²) < 4.78 is 16.4. The average molecular weight is 379 g/mol. The maximum absolute atomic E-state index is 12.6. The van der Waals surface area contributed by atoms with Gasteiger partial charge < -0.3 is 19.3 Å². The van der Waals surface area contributed by atoms with Crippen molar-refractivity contribution in [2.75, 3.05) is 19.8 Å². The van der Waals surface area contributed by atoms with E-state index < -0.39 is 0 Å². The number of rotatable bonds is 7. The Morgan fingerprint density at radius 1 is 1.38 bits per heavy atom. The number of nitrogens with zero attached hydrogens (tertiary/aromatic N) is 1. The lowest BCUT2D eigenvalue weighted by Crippen LogP contribution is -2.40. The van der Waals surface area contributed by atoms with Gasteiger partial charge in [0.2, 0.25) is 0 Å². The molecule has 1 aromatic carbocycles. The molecule has 0 spiro atoms. The SMILES string of the molecule is CCCOc1ccc(C(=O)N[C@H]2COC[C@H]2Cc2cc(C)no2)cc1Cl. The van der Waals surface area contributed by atoms with Gasteiger partial charge in [-0.25, -0.2) is 0 Å². The first kappa shape index (κ1) is 18.7. The summed E-state index contributed by atoms with van der Waals surface area (Å²) in [6.07, 6.45) is 1.57. The van der Waals surface area contributed by atoms with E-state index in [9.17, 15) is 4.79 Å². The molecule has 6 nitrogen and oxygen atoms in total. The number of carbonyl (C=O) groups is 1. The maximum Gasteiger partial charge on any atom is 0.251 e. The molecular formula is C19H23ClN2O4. The molecule has 7 heteroatoms. The Kier molecular flexibility index (Phi) is 6.16. The number of aromatic nitrogens is 1. The fourth-order valence-electron chi connectivity index (χ4n) is 2.95. The van der Waals surface area contributed by atoms with E-state index >= 15 is 0 Å². The minimum atomic E-state index is -0.178. The van der Waals surface area contributed by atoms with Gasteiger partial charge in [0.1, 0.15) is 11.5 Å². The van der Waals surface area contributed by atoms with E-state index in [4.69, 9.17) is 25.6 Å². The van der Waals surface area contributed by atoms with Gasteiger partial charge in [0.05, 0.1) is 36.6 Å². The number of amides is 1. The molecule has 0 radical (unpaired) electrons. The van der Waals surface area contributed by atoms with Crippen LogP contribution in [0, 0.1) is 12.8 Å². The van der Waals surface area contributed by atoms with Crippen LogP contribution in [0.25, 0.3) is 0 Å². The smallest absolute Gasteiger partial charge is 0.251 e. The molecule has 2 atom stereocenters. The van der Waals surface area contributed by atoms with Gasteiger partial charge in [0.25, 0.3) is 5.91 Å². The number of halogens is 1. The first-order valence-electron chi connectivity index (χ1n) is 8.80. The van der Waals surface area contributed by atoms with Crippen LogP contribution in [0.15, 0.2) is 28.8 Å². The van der Waals surface area contributed by atoms with Crippen LogP contribution < -0.4 is 10.1 Å². The minimum absolute atomic E-state index is 0.0808. The molecule has 1 saturated heterocycles. The van der Waals surface area contributed by atoms with E-state index in [-0.39, 0.29) is 17.9 Å². The molecule has 1 aliphatic heterocycles. The van der Waals surface area contributed by atoms with Crippen LogP contribution in [-0.4, -0.2) is 36.9 Å². The molecule has 0 bridgehead atoms. The molecule has 0 unspecified atom stereocenters. The second kappa shape index (κ2) is 8.56. The van der Waals surface area contributed by atoms with E-state index in [1.54, 1.807) is 18.2 Å². The van der Waals surface area contributed by atoms with Gasteiger partial charge >= 0.3 is 0 Å². The van der Waals surface area contributed by atoms with Crippen LogP contribution in [0.4, 0.5) is 0 Å². The van der Waals surface area contributed by atoms with Crippen LogP contribution >= 0.6 is 11.6 Å². The van der Waals surface area contributed by atoms with Gasteiger partial charge in [-0.05, 0) is 31.5 Å². The van der Waals surface area contributed by atoms with Gasteiger partial charge in [-0.2, -0.15) is 0 Å². The number of ether oxygens (including phenoxy) is 2. The predicted molar refractivity (Wildman–Crippen MR) is 97.7 cm³/mol. The Morgan fingerprint density at radius 3 is 2.92 bits per heavy atom. The highest BCUT2D eigenvalue weighted by molar-refractivity contribution is 6.32. The summed E-state index contributed by atoms with van der Waals surface area (Å²) >= 11 is 6.22. The zero-order chi connectivity index (χ0) is 18.5. The van der Waals surface area contributed by atoms with Gasteiger partial charge in [-0.3, -0.25) is 4.79 Å². The van der Waals surface area contributed by atoms with Crippen LogP contribution in [0.2, 0.25) is 5.02 Å². The summed E-state index contributed by atoms with van der Waals surface area (Å²) in [5.41, 5.74) is 1.35. The van der Waals surface area contributed by atoms with Crippen LogP contribution in [0.1, 0.15) is 35.2 Å². The molecule has 3 rings (SSSR count). The summed E-state index contributed by atoms with van der Waals surface area (Å²) in [5, 5.41) is 7.37. The van der Waals surface area contributed by atoms with E-state index in [0.717, 1.165) is 17.9 Å². The van der Waals surface area contributed by atoms with Crippen molar-refractivity contribution in [2.24, 2.45) is 5.92 Å². The van der Waals surface area contributed by atoms with E-state index in [2.05, 4.69) is 10.5 Å². The molecule has 1 N–H and O–H groups in total. The van der Waals surface area contributed by atoms with Crippen LogP contribution in [-0.2, 0) is 11.2 Å². The van der Waals surface area contributed by atoms with Crippen molar-refractivity contribution in [2.45, 2.75) is 32.7 Å². The standard InChI is InChI=1S/C19H23ClN2O4/c1-3-6-25-18-5-4-13(9-16(18)20)19(23)21-17-11-24-10-14(17)8-15-7-12(2)22-26-15/h4-5,7,9,14,17H,3,6,8,10-11H2,1-2H3,(H,21,23)/t14-,17+/m1/s1. The lowest BCUT2D eigenvalue weighted by atomic mass is 9.98. The van der Waals surface area contributed by atoms with Gasteiger partial charge in [-0.1, -0.05) is 23.7 Å². The van der Waals surface area contributed by atoms with Crippen molar-refractivity contribution < 1.29 is 18.8 Å². The minimum Gasteiger partial charge on any atom is -0.492 e. The van der Waals surface area contributed by atoms with Crippen molar-refractivity contribution in [3.63, 3.8) is 0 Å². The molecule has 0 saturated carbocycles. The molecule has 0 aliphatic carbocycles. The number of benzene rings is 1. The number of nitrogens with one attached hydrogen (secondary N) is 1. The second-order valence-corrected chi connectivity index (χ2v) is 6.92. The topological polar surface area (TPSA) is 73.6 Å². The van der Waals surface area contributed by atoms with Crippen molar-refractivity contribution >= 4 is 17.5 Å². The average Bonchev–Trinajstić information content (AvgIpc) is 3.23. The summed E-state index contributed by atoms with van der Waals surface area (Å²) in [6.45, 7) is 5.56. The zero-order valence-electron chi connectivity index (χ0n) is 15.0. The first-order valence-corrected chi connectivity index (χ1v) is 9.17. The van der Waals surface area contributed by atoms with Gasteiger partial charge in [0, 0.05) is 24.0 Å². The summed E-state index contributed by atoms with van der Waals surface area (Å²) in [6, 6.07) is 6.91. The van der Waals surface area contributed by atoms with Crippen molar-refractivity contribution in [1.29, 1.82) is 0 Å². The summed E-state index contributed by atoms with van der Waals surface area (Å²) in [4.78, 5) is 12.6. The molecule has 140 valence electrons. The lowest BCUT2D eigenvalue weighted by molar-refractivity contribution is 0.0924. The Labute approximate surface area is 157 Å². The Bertz CT molecular complexity index is 762. The van der Waals surface area contributed by atoms with Crippen molar-refractivity contribution in [3.8, 4) is 5.75 Å². The third-order valence-corrected chi connectivity index (χ3v) is 4.61. The third kappa shape index (κ3) is 4.56. The Morgan fingerprint density at radius 2 is 2.23 bits per heavy atom. The highest BCUT2D eigenvalue weighted by Crippen LogP contribution is 2.26. The largest absolute Gasteiger partial charge is 0.492 e. The quantitative estimate of drug-likeness (QED) is 0.799. The van der Waals surface area contributed by atoms with Gasteiger partial charge in [-0.15, -0.1) is 0 Å². The van der Waals surface area contributed by atoms with Crippen LogP contribution in [0.3, 0.4) is 0 Å². The fourth-order valence-corrected chi connectivity index (χ4v) is 3.19. The van der Waals surface area contributed by atoms with Crippen LogP contribution in [0.5, 0.6) is 5.75 Å². The number of hydrogen-bond acceptors (Lipinski definition) is 5. The van der Waals surface area contributed by atoms with E-state index in [1.165, 1.54) is 0 Å². The first-order chi connectivity index (χ1) is 12.6. The predicted octanol–water partition coefficient (Wildman–Crippen LogP) is 3.41. The summed E-state index contributed by atoms with van der Waals surface area (Å²) in [5.74, 6) is 1.36. The maximum atomic E-state index is 12.6. The molecule has 26 heavy (non-hydrogen) atoms. The molecule has 2 aromatic rings. The highest BCUT2D eigenvalue weighted by atomic mass is 35.5. The molecule has 1 aromatic heterocycles. The molecule has 1 fully saturated rings. The fraction of sp³-hybridized carbons (Fsp3) is 0.474. The van der Waals surface area contributed by atoms with E-state index in [0.29, 0.717) is 42.6 Å². The molecule has 2 heterocycles. The monoisotopic (exact) mass is 378 g/mol.